The molecule has 2 aliphatic rings. The molecular formula is C22H30N8. The monoisotopic (exact) mass is 406 g/mol. The van der Waals surface area contributed by atoms with Crippen molar-refractivity contribution in [3.8, 4) is 0 Å². The average molecular weight is 407 g/mol. The zero-order chi connectivity index (χ0) is 20.9. The molecule has 1 aromatic heterocycles. The van der Waals surface area contributed by atoms with Crippen molar-refractivity contribution in [2.24, 2.45) is 11.7 Å². The minimum Gasteiger partial charge on any atom is -0.392 e. The predicted molar refractivity (Wildman–Crippen MR) is 122 cm³/mol. The van der Waals surface area contributed by atoms with Crippen LogP contribution in [0.3, 0.4) is 0 Å². The number of aromatic nitrogens is 3. The SMILES string of the molecule is C=C=C(N)c1ccc(C)c(Nc2nc(NCC3CCC3)nc(N[C@@H]3CCNC3)n2)c1. The third kappa shape index (κ3) is 4.90. The summed E-state index contributed by atoms with van der Waals surface area (Å²) in [5.41, 5.74) is 12.0. The predicted octanol–water partition coefficient (Wildman–Crippen LogP) is 2.99. The lowest BCUT2D eigenvalue weighted by Crippen LogP contribution is -2.25. The molecule has 1 atom stereocenters. The Labute approximate surface area is 177 Å². The lowest BCUT2D eigenvalue weighted by Gasteiger charge is -2.25. The fourth-order valence-electron chi connectivity index (χ4n) is 3.62. The van der Waals surface area contributed by atoms with E-state index < -0.39 is 0 Å². The first-order valence-corrected chi connectivity index (χ1v) is 10.6. The van der Waals surface area contributed by atoms with Crippen molar-refractivity contribution in [2.45, 2.75) is 38.6 Å². The summed E-state index contributed by atoms with van der Waals surface area (Å²) in [7, 11) is 0. The Morgan fingerprint density at radius 1 is 1.20 bits per heavy atom. The Hall–Kier alpha value is -3.09. The van der Waals surface area contributed by atoms with E-state index in [0.29, 0.717) is 35.5 Å². The summed E-state index contributed by atoms with van der Waals surface area (Å²) in [6.07, 6.45) is 4.90. The zero-order valence-corrected chi connectivity index (χ0v) is 17.5. The van der Waals surface area contributed by atoms with Crippen molar-refractivity contribution in [3.05, 3.63) is 41.6 Å². The Morgan fingerprint density at radius 2 is 2.00 bits per heavy atom. The van der Waals surface area contributed by atoms with Gasteiger partial charge in [0.1, 0.15) is 0 Å². The molecule has 158 valence electrons. The van der Waals surface area contributed by atoms with Gasteiger partial charge in [-0.25, -0.2) is 0 Å². The normalized spacial score (nSPS) is 18.4. The molecule has 30 heavy (non-hydrogen) atoms. The minimum atomic E-state index is 0.322. The number of nitrogens with zero attached hydrogens (tertiary/aromatic N) is 3. The standard InChI is InChI=1S/C22H30N8/c1-3-18(23)16-8-7-14(2)19(11-16)27-22-29-20(25-12-15-5-4-6-15)28-21(30-22)26-17-9-10-24-13-17/h7-8,11,15,17,24H,1,4-6,9-10,12-13,23H2,2H3,(H3,25,26,27,28,29,30)/t17-/m1/s1. The molecule has 2 heterocycles. The third-order valence-electron chi connectivity index (χ3n) is 5.79. The number of aryl methyl sites for hydroxylation is 1. The molecule has 0 amide bonds. The van der Waals surface area contributed by atoms with E-state index in [1.165, 1.54) is 19.3 Å². The van der Waals surface area contributed by atoms with E-state index in [-0.39, 0.29) is 0 Å². The Bertz CT molecular complexity index is 940. The van der Waals surface area contributed by atoms with Crippen molar-refractivity contribution >= 4 is 29.2 Å². The third-order valence-corrected chi connectivity index (χ3v) is 5.79. The van der Waals surface area contributed by atoms with Crippen LogP contribution in [0.25, 0.3) is 5.70 Å². The van der Waals surface area contributed by atoms with E-state index in [0.717, 1.165) is 42.9 Å². The van der Waals surface area contributed by atoms with Gasteiger partial charge in [-0.1, -0.05) is 25.1 Å². The second-order valence-electron chi connectivity index (χ2n) is 8.06. The van der Waals surface area contributed by atoms with Gasteiger partial charge in [0.05, 0.1) is 5.70 Å². The van der Waals surface area contributed by atoms with Crippen LogP contribution in [0.2, 0.25) is 0 Å². The van der Waals surface area contributed by atoms with Crippen molar-refractivity contribution in [1.82, 2.24) is 20.3 Å². The van der Waals surface area contributed by atoms with E-state index in [9.17, 15) is 0 Å². The smallest absolute Gasteiger partial charge is 0.233 e. The summed E-state index contributed by atoms with van der Waals surface area (Å²) in [6.45, 7) is 8.46. The maximum absolute atomic E-state index is 5.98. The van der Waals surface area contributed by atoms with Crippen LogP contribution < -0.4 is 27.0 Å². The molecule has 2 fully saturated rings. The van der Waals surface area contributed by atoms with Gasteiger partial charge < -0.3 is 27.0 Å². The number of benzene rings is 1. The fourth-order valence-corrected chi connectivity index (χ4v) is 3.62. The van der Waals surface area contributed by atoms with Gasteiger partial charge in [-0.2, -0.15) is 15.0 Å². The molecule has 1 aliphatic heterocycles. The first-order valence-electron chi connectivity index (χ1n) is 10.6. The summed E-state index contributed by atoms with van der Waals surface area (Å²) in [4.78, 5) is 13.8. The van der Waals surface area contributed by atoms with Crippen LogP contribution >= 0.6 is 0 Å². The Kier molecular flexibility index (Phi) is 6.16. The second-order valence-corrected chi connectivity index (χ2v) is 8.06. The van der Waals surface area contributed by atoms with Gasteiger partial charge in [0.25, 0.3) is 0 Å². The van der Waals surface area contributed by atoms with Gasteiger partial charge >= 0.3 is 0 Å². The van der Waals surface area contributed by atoms with Crippen LogP contribution in [0.5, 0.6) is 0 Å². The first-order chi connectivity index (χ1) is 14.6. The van der Waals surface area contributed by atoms with Crippen molar-refractivity contribution in [3.63, 3.8) is 0 Å². The molecular weight excluding hydrogens is 376 g/mol. The molecule has 1 saturated carbocycles. The first kappa shape index (κ1) is 20.2. The van der Waals surface area contributed by atoms with Gasteiger partial charge in [-0.3, -0.25) is 0 Å². The van der Waals surface area contributed by atoms with E-state index in [1.54, 1.807) is 0 Å². The summed E-state index contributed by atoms with van der Waals surface area (Å²) in [5, 5.41) is 13.5. The highest BCUT2D eigenvalue weighted by Crippen LogP contribution is 2.27. The molecule has 8 nitrogen and oxygen atoms in total. The highest BCUT2D eigenvalue weighted by atomic mass is 15.3. The van der Waals surface area contributed by atoms with Crippen LogP contribution in [0.15, 0.2) is 30.5 Å². The van der Waals surface area contributed by atoms with Crippen molar-refractivity contribution in [1.29, 1.82) is 0 Å². The van der Waals surface area contributed by atoms with Crippen molar-refractivity contribution < 1.29 is 0 Å². The quantitative estimate of drug-likeness (QED) is 0.425. The lowest BCUT2D eigenvalue weighted by atomic mass is 9.85. The minimum absolute atomic E-state index is 0.322. The lowest BCUT2D eigenvalue weighted by molar-refractivity contribution is 0.333. The van der Waals surface area contributed by atoms with Crippen LogP contribution in [0, 0.1) is 12.8 Å². The summed E-state index contributed by atoms with van der Waals surface area (Å²) >= 11 is 0. The van der Waals surface area contributed by atoms with Gasteiger partial charge in [0.2, 0.25) is 17.8 Å². The second kappa shape index (κ2) is 9.15. The molecule has 0 radical (unpaired) electrons. The molecule has 2 aromatic rings. The topological polar surface area (TPSA) is 113 Å². The van der Waals surface area contributed by atoms with E-state index in [1.807, 2.05) is 25.1 Å². The molecule has 4 rings (SSSR count). The van der Waals surface area contributed by atoms with E-state index in [2.05, 4.69) is 48.5 Å². The van der Waals surface area contributed by atoms with Gasteiger partial charge in [0, 0.05) is 30.4 Å². The molecule has 0 bridgehead atoms. The van der Waals surface area contributed by atoms with E-state index in [4.69, 9.17) is 5.73 Å². The van der Waals surface area contributed by atoms with E-state index >= 15 is 0 Å². The largest absolute Gasteiger partial charge is 0.392 e. The molecule has 8 heteroatoms. The molecule has 0 unspecified atom stereocenters. The number of hydrogen-bond acceptors (Lipinski definition) is 8. The van der Waals surface area contributed by atoms with Crippen molar-refractivity contribution in [2.75, 3.05) is 35.6 Å². The number of nitrogens with one attached hydrogen (secondary N) is 4. The zero-order valence-electron chi connectivity index (χ0n) is 17.5. The maximum atomic E-state index is 5.98. The van der Waals surface area contributed by atoms with Gasteiger partial charge in [-0.05, 0) is 50.3 Å². The molecule has 6 N–H and O–H groups in total. The molecule has 1 saturated heterocycles. The number of nitrogens with two attached hydrogens (primary N) is 1. The molecule has 1 aromatic carbocycles. The number of hydrogen-bond donors (Lipinski definition) is 5. The maximum Gasteiger partial charge on any atom is 0.233 e. The Balaban J connectivity index is 1.57. The van der Waals surface area contributed by atoms with Crippen LogP contribution in [0.1, 0.15) is 36.8 Å². The highest BCUT2D eigenvalue weighted by molar-refractivity contribution is 5.69. The van der Waals surface area contributed by atoms with Crippen LogP contribution in [-0.2, 0) is 0 Å². The van der Waals surface area contributed by atoms with Gasteiger partial charge in [0.15, 0.2) is 0 Å². The summed E-state index contributed by atoms with van der Waals surface area (Å²) in [5.74, 6) is 2.38. The molecule has 0 spiro atoms. The van der Waals surface area contributed by atoms with Crippen LogP contribution in [0.4, 0.5) is 23.5 Å². The highest BCUT2D eigenvalue weighted by Gasteiger charge is 2.19. The number of anilines is 4. The summed E-state index contributed by atoms with van der Waals surface area (Å²) in [6, 6.07) is 6.24. The number of rotatable bonds is 8. The average Bonchev–Trinajstić information content (AvgIpc) is 3.21. The van der Waals surface area contributed by atoms with Crippen LogP contribution in [-0.4, -0.2) is 40.6 Å². The van der Waals surface area contributed by atoms with Gasteiger partial charge in [-0.15, -0.1) is 5.73 Å². The Morgan fingerprint density at radius 3 is 2.70 bits per heavy atom. The molecule has 1 aliphatic carbocycles. The fraction of sp³-hybridized carbons (Fsp3) is 0.455. The summed E-state index contributed by atoms with van der Waals surface area (Å²) < 4.78 is 0.